The van der Waals surface area contributed by atoms with E-state index in [1.165, 1.54) is 6.20 Å². The Morgan fingerprint density at radius 2 is 2.19 bits per heavy atom. The zero-order valence-corrected chi connectivity index (χ0v) is 11.6. The molecular weight excluding hydrogens is 266 g/mol. The van der Waals surface area contributed by atoms with Gasteiger partial charge in [0.1, 0.15) is 6.61 Å². The predicted octanol–water partition coefficient (Wildman–Crippen LogP) is 1.06. The Kier molecular flexibility index (Phi) is 5.02. The SMILES string of the molecule is Cc1ccc(CNC(=O)c2cncc(C#CCO)c2)cn1. The fourth-order valence-electron chi connectivity index (χ4n) is 1.66. The van der Waals surface area contributed by atoms with Crippen molar-refractivity contribution >= 4 is 5.91 Å². The van der Waals surface area contributed by atoms with E-state index in [-0.39, 0.29) is 12.5 Å². The highest BCUT2D eigenvalue weighted by atomic mass is 16.2. The summed E-state index contributed by atoms with van der Waals surface area (Å²) in [5, 5.41) is 11.5. The van der Waals surface area contributed by atoms with Gasteiger partial charge in [-0.1, -0.05) is 17.9 Å². The first-order valence-electron chi connectivity index (χ1n) is 6.43. The Bertz CT molecular complexity index is 685. The molecule has 21 heavy (non-hydrogen) atoms. The van der Waals surface area contributed by atoms with E-state index in [9.17, 15) is 4.79 Å². The topological polar surface area (TPSA) is 75.1 Å². The van der Waals surface area contributed by atoms with E-state index in [0.717, 1.165) is 11.3 Å². The lowest BCUT2D eigenvalue weighted by Crippen LogP contribution is -2.23. The smallest absolute Gasteiger partial charge is 0.253 e. The average Bonchev–Trinajstić information content (AvgIpc) is 2.52. The number of rotatable bonds is 3. The van der Waals surface area contributed by atoms with E-state index in [2.05, 4.69) is 27.1 Å². The minimum Gasteiger partial charge on any atom is -0.384 e. The molecular formula is C16H15N3O2. The number of aliphatic hydroxyl groups is 1. The molecule has 0 atom stereocenters. The summed E-state index contributed by atoms with van der Waals surface area (Å²) in [6, 6.07) is 5.45. The minimum atomic E-state index is -0.226. The Hall–Kier alpha value is -2.71. The van der Waals surface area contributed by atoms with Crippen molar-refractivity contribution in [2.45, 2.75) is 13.5 Å². The molecule has 5 heteroatoms. The highest BCUT2D eigenvalue weighted by molar-refractivity contribution is 5.94. The second-order valence-corrected chi connectivity index (χ2v) is 4.41. The molecule has 0 radical (unpaired) electrons. The van der Waals surface area contributed by atoms with E-state index in [0.29, 0.717) is 17.7 Å². The molecule has 0 fully saturated rings. The number of aryl methyl sites for hydroxylation is 1. The molecule has 106 valence electrons. The third-order valence-corrected chi connectivity index (χ3v) is 2.74. The summed E-state index contributed by atoms with van der Waals surface area (Å²) in [7, 11) is 0. The Labute approximate surface area is 123 Å². The molecule has 0 aliphatic carbocycles. The van der Waals surface area contributed by atoms with Crippen LogP contribution < -0.4 is 5.32 Å². The van der Waals surface area contributed by atoms with E-state index >= 15 is 0 Å². The molecule has 0 spiro atoms. The molecule has 0 aromatic carbocycles. The van der Waals surface area contributed by atoms with Gasteiger partial charge in [-0.3, -0.25) is 14.8 Å². The standard InChI is InChI=1S/C16H15N3O2/c1-12-4-5-14(9-18-12)10-19-16(21)15-7-13(3-2-6-20)8-17-11-15/h4-5,7-9,11,20H,6,10H2,1H3,(H,19,21). The van der Waals surface area contributed by atoms with Crippen molar-refractivity contribution in [2.24, 2.45) is 0 Å². The third-order valence-electron chi connectivity index (χ3n) is 2.74. The van der Waals surface area contributed by atoms with Gasteiger partial charge in [0.25, 0.3) is 5.91 Å². The number of nitrogens with one attached hydrogen (secondary N) is 1. The highest BCUT2D eigenvalue weighted by Gasteiger charge is 2.06. The van der Waals surface area contributed by atoms with Gasteiger partial charge < -0.3 is 10.4 Å². The zero-order chi connectivity index (χ0) is 15.1. The number of hydrogen-bond donors (Lipinski definition) is 2. The monoisotopic (exact) mass is 281 g/mol. The number of aliphatic hydroxyl groups excluding tert-OH is 1. The predicted molar refractivity (Wildman–Crippen MR) is 78.3 cm³/mol. The van der Waals surface area contributed by atoms with Gasteiger partial charge in [-0.05, 0) is 24.6 Å². The number of aromatic nitrogens is 2. The van der Waals surface area contributed by atoms with Crippen molar-refractivity contribution in [3.63, 3.8) is 0 Å². The molecule has 2 aromatic heterocycles. The lowest BCUT2D eigenvalue weighted by atomic mass is 10.2. The van der Waals surface area contributed by atoms with Crippen molar-refractivity contribution in [3.05, 3.63) is 59.2 Å². The summed E-state index contributed by atoms with van der Waals surface area (Å²) >= 11 is 0. The summed E-state index contributed by atoms with van der Waals surface area (Å²) in [6.45, 7) is 2.09. The lowest BCUT2D eigenvalue weighted by Gasteiger charge is -2.05. The summed E-state index contributed by atoms with van der Waals surface area (Å²) in [5.74, 6) is 5.01. The first kappa shape index (κ1) is 14.7. The molecule has 0 aliphatic rings. The van der Waals surface area contributed by atoms with Gasteiger partial charge >= 0.3 is 0 Å². The van der Waals surface area contributed by atoms with Gasteiger partial charge in [-0.15, -0.1) is 0 Å². The van der Waals surface area contributed by atoms with Crippen molar-refractivity contribution < 1.29 is 9.90 Å². The molecule has 0 saturated heterocycles. The molecule has 0 bridgehead atoms. The van der Waals surface area contributed by atoms with Gasteiger partial charge in [0.2, 0.25) is 0 Å². The van der Waals surface area contributed by atoms with Crippen LogP contribution in [-0.4, -0.2) is 27.6 Å². The number of carbonyl (C=O) groups excluding carboxylic acids is 1. The van der Waals surface area contributed by atoms with Crippen LogP contribution in [0.5, 0.6) is 0 Å². The maximum atomic E-state index is 12.0. The number of carbonyl (C=O) groups is 1. The van der Waals surface area contributed by atoms with Crippen molar-refractivity contribution in [2.75, 3.05) is 6.61 Å². The van der Waals surface area contributed by atoms with Crippen molar-refractivity contribution in [3.8, 4) is 11.8 Å². The highest BCUT2D eigenvalue weighted by Crippen LogP contribution is 2.03. The van der Waals surface area contributed by atoms with Crippen LogP contribution in [0.25, 0.3) is 0 Å². The molecule has 2 rings (SSSR count). The largest absolute Gasteiger partial charge is 0.384 e. The number of amides is 1. The van der Waals surface area contributed by atoms with E-state index in [1.807, 2.05) is 19.1 Å². The van der Waals surface area contributed by atoms with Crippen LogP contribution >= 0.6 is 0 Å². The first-order chi connectivity index (χ1) is 10.2. The average molecular weight is 281 g/mol. The normalized spacial score (nSPS) is 9.62. The maximum absolute atomic E-state index is 12.0. The molecule has 2 aromatic rings. The summed E-state index contributed by atoms with van der Waals surface area (Å²) < 4.78 is 0. The summed E-state index contributed by atoms with van der Waals surface area (Å²) in [4.78, 5) is 20.2. The zero-order valence-electron chi connectivity index (χ0n) is 11.6. The van der Waals surface area contributed by atoms with Crippen LogP contribution in [0.2, 0.25) is 0 Å². The van der Waals surface area contributed by atoms with Crippen LogP contribution in [0.4, 0.5) is 0 Å². The van der Waals surface area contributed by atoms with E-state index in [4.69, 9.17) is 5.11 Å². The molecule has 0 unspecified atom stereocenters. The van der Waals surface area contributed by atoms with Crippen molar-refractivity contribution in [1.29, 1.82) is 0 Å². The van der Waals surface area contributed by atoms with Gasteiger partial charge in [-0.25, -0.2) is 0 Å². The fraction of sp³-hybridized carbons (Fsp3) is 0.188. The quantitative estimate of drug-likeness (QED) is 0.825. The summed E-state index contributed by atoms with van der Waals surface area (Å²) in [5.41, 5.74) is 2.89. The molecule has 2 N–H and O–H groups in total. The minimum absolute atomic E-state index is 0.225. The lowest BCUT2D eigenvalue weighted by molar-refractivity contribution is 0.0950. The second-order valence-electron chi connectivity index (χ2n) is 4.41. The Morgan fingerprint density at radius 1 is 1.33 bits per heavy atom. The van der Waals surface area contributed by atoms with Gasteiger partial charge in [0, 0.05) is 36.4 Å². The number of pyridine rings is 2. The number of nitrogens with zero attached hydrogens (tertiary/aromatic N) is 2. The van der Waals surface area contributed by atoms with Gasteiger partial charge in [0.15, 0.2) is 0 Å². The van der Waals surface area contributed by atoms with Crippen LogP contribution in [0.1, 0.15) is 27.2 Å². The van der Waals surface area contributed by atoms with E-state index in [1.54, 1.807) is 18.5 Å². The molecule has 1 amide bonds. The Morgan fingerprint density at radius 3 is 2.90 bits per heavy atom. The fourth-order valence-corrected chi connectivity index (χ4v) is 1.66. The van der Waals surface area contributed by atoms with Gasteiger partial charge in [0.05, 0.1) is 5.56 Å². The van der Waals surface area contributed by atoms with Crippen LogP contribution in [-0.2, 0) is 6.54 Å². The van der Waals surface area contributed by atoms with Crippen LogP contribution in [0.15, 0.2) is 36.8 Å². The van der Waals surface area contributed by atoms with E-state index < -0.39 is 0 Å². The second kappa shape index (κ2) is 7.17. The van der Waals surface area contributed by atoms with Crippen LogP contribution in [0.3, 0.4) is 0 Å². The molecule has 2 heterocycles. The summed E-state index contributed by atoms with van der Waals surface area (Å²) in [6.07, 6.45) is 4.76. The maximum Gasteiger partial charge on any atom is 0.253 e. The molecule has 0 saturated carbocycles. The first-order valence-corrected chi connectivity index (χ1v) is 6.43. The van der Waals surface area contributed by atoms with Crippen molar-refractivity contribution in [1.82, 2.24) is 15.3 Å². The van der Waals surface area contributed by atoms with Gasteiger partial charge in [-0.2, -0.15) is 0 Å². The molecule has 5 nitrogen and oxygen atoms in total. The third kappa shape index (κ3) is 4.41. The number of hydrogen-bond acceptors (Lipinski definition) is 4. The Balaban J connectivity index is 2.01. The molecule has 0 aliphatic heterocycles. The van der Waals surface area contributed by atoms with Crippen LogP contribution in [0, 0.1) is 18.8 Å².